The Balaban J connectivity index is 1.62. The van der Waals surface area contributed by atoms with Crippen LogP contribution < -0.4 is 0 Å². The van der Waals surface area contributed by atoms with Gasteiger partial charge in [0.2, 0.25) is 0 Å². The van der Waals surface area contributed by atoms with Crippen molar-refractivity contribution >= 4 is 22.9 Å². The second kappa shape index (κ2) is 4.73. The quantitative estimate of drug-likeness (QED) is 0.858. The zero-order chi connectivity index (χ0) is 11.7. The van der Waals surface area contributed by atoms with Crippen molar-refractivity contribution in [2.75, 3.05) is 6.61 Å². The predicted octanol–water partition coefficient (Wildman–Crippen LogP) is 2.11. The maximum absolute atomic E-state index is 5.89. The Morgan fingerprint density at radius 3 is 3.18 bits per heavy atom. The number of thiophene rings is 1. The summed E-state index contributed by atoms with van der Waals surface area (Å²) < 4.78 is 13.8. The third-order valence-corrected chi connectivity index (χ3v) is 3.79. The van der Waals surface area contributed by atoms with Crippen LogP contribution in [0.3, 0.4) is 0 Å². The highest BCUT2D eigenvalue weighted by Crippen LogP contribution is 2.33. The zero-order valence-corrected chi connectivity index (χ0v) is 10.4. The van der Waals surface area contributed by atoms with Gasteiger partial charge in [0.05, 0.1) is 17.5 Å². The first-order valence-corrected chi connectivity index (χ1v) is 6.35. The zero-order valence-electron chi connectivity index (χ0n) is 8.82. The van der Waals surface area contributed by atoms with Gasteiger partial charge < -0.3 is 9.47 Å². The van der Waals surface area contributed by atoms with Crippen LogP contribution in [0.25, 0.3) is 0 Å². The van der Waals surface area contributed by atoms with E-state index in [0.29, 0.717) is 13.2 Å². The van der Waals surface area contributed by atoms with E-state index in [0.717, 1.165) is 9.21 Å². The van der Waals surface area contributed by atoms with Crippen molar-refractivity contribution in [1.29, 1.82) is 0 Å². The molecule has 1 saturated heterocycles. The van der Waals surface area contributed by atoms with Crippen molar-refractivity contribution in [3.8, 4) is 0 Å². The second-order valence-corrected chi connectivity index (χ2v) is 5.39. The summed E-state index contributed by atoms with van der Waals surface area (Å²) in [5.41, 5.74) is 0. The van der Waals surface area contributed by atoms with E-state index in [-0.39, 0.29) is 12.4 Å². The van der Waals surface area contributed by atoms with Gasteiger partial charge in [-0.05, 0) is 12.1 Å². The molecule has 0 saturated carbocycles. The highest BCUT2D eigenvalue weighted by atomic mass is 35.5. The minimum Gasteiger partial charge on any atom is -0.348 e. The van der Waals surface area contributed by atoms with E-state index in [9.17, 15) is 0 Å². The Kier molecular flexibility index (Phi) is 3.11. The van der Waals surface area contributed by atoms with E-state index in [4.69, 9.17) is 21.1 Å². The first kappa shape index (κ1) is 11.2. The molecule has 0 bridgehead atoms. The monoisotopic (exact) mass is 271 g/mol. The SMILES string of the molecule is Clc1ccc(C2COC(Cn3cncn3)O2)s1. The van der Waals surface area contributed by atoms with Crippen LogP contribution in [-0.2, 0) is 16.0 Å². The van der Waals surface area contributed by atoms with Crippen LogP contribution >= 0.6 is 22.9 Å². The second-order valence-electron chi connectivity index (χ2n) is 3.65. The fourth-order valence-corrected chi connectivity index (χ4v) is 2.77. The van der Waals surface area contributed by atoms with Gasteiger partial charge in [-0.15, -0.1) is 11.3 Å². The molecule has 2 unspecified atom stereocenters. The molecule has 0 aliphatic carbocycles. The van der Waals surface area contributed by atoms with Crippen LogP contribution in [-0.4, -0.2) is 27.7 Å². The van der Waals surface area contributed by atoms with Gasteiger partial charge >= 0.3 is 0 Å². The van der Waals surface area contributed by atoms with Crippen LogP contribution in [0.15, 0.2) is 24.8 Å². The van der Waals surface area contributed by atoms with Crippen LogP contribution in [0.5, 0.6) is 0 Å². The van der Waals surface area contributed by atoms with Gasteiger partial charge in [-0.25, -0.2) is 9.67 Å². The molecule has 0 radical (unpaired) electrons. The lowest BCUT2D eigenvalue weighted by Crippen LogP contribution is -2.17. The molecule has 5 nitrogen and oxygen atoms in total. The van der Waals surface area contributed by atoms with E-state index < -0.39 is 0 Å². The topological polar surface area (TPSA) is 49.2 Å². The molecule has 3 rings (SSSR count). The lowest BCUT2D eigenvalue weighted by molar-refractivity contribution is -0.0694. The van der Waals surface area contributed by atoms with Crippen molar-refractivity contribution < 1.29 is 9.47 Å². The molecule has 1 aliphatic rings. The van der Waals surface area contributed by atoms with E-state index >= 15 is 0 Å². The summed E-state index contributed by atoms with van der Waals surface area (Å²) >= 11 is 7.41. The number of aromatic nitrogens is 3. The van der Waals surface area contributed by atoms with Crippen molar-refractivity contribution in [2.24, 2.45) is 0 Å². The molecule has 0 N–H and O–H groups in total. The molecule has 2 atom stereocenters. The maximum atomic E-state index is 5.89. The van der Waals surface area contributed by atoms with Crippen LogP contribution in [0.2, 0.25) is 4.34 Å². The average Bonchev–Trinajstić information content (AvgIpc) is 2.99. The summed E-state index contributed by atoms with van der Waals surface area (Å²) in [5.74, 6) is 0. The molecular weight excluding hydrogens is 262 g/mol. The third-order valence-electron chi connectivity index (χ3n) is 2.46. The normalized spacial score (nSPS) is 24.3. The molecule has 0 spiro atoms. The Morgan fingerprint density at radius 1 is 1.53 bits per heavy atom. The van der Waals surface area contributed by atoms with Gasteiger partial charge in [0.15, 0.2) is 6.29 Å². The highest BCUT2D eigenvalue weighted by Gasteiger charge is 2.28. The van der Waals surface area contributed by atoms with Crippen LogP contribution in [0.1, 0.15) is 11.0 Å². The molecule has 2 aromatic heterocycles. The van der Waals surface area contributed by atoms with Crippen molar-refractivity contribution in [3.63, 3.8) is 0 Å². The van der Waals surface area contributed by atoms with Crippen molar-refractivity contribution in [3.05, 3.63) is 34.0 Å². The number of hydrogen-bond donors (Lipinski definition) is 0. The van der Waals surface area contributed by atoms with Gasteiger partial charge in [-0.2, -0.15) is 5.10 Å². The van der Waals surface area contributed by atoms with E-state index in [1.54, 1.807) is 11.0 Å². The number of halogens is 1. The average molecular weight is 272 g/mol. The molecule has 0 aromatic carbocycles. The van der Waals surface area contributed by atoms with Gasteiger partial charge in [-0.3, -0.25) is 0 Å². The lowest BCUT2D eigenvalue weighted by atomic mass is 10.3. The van der Waals surface area contributed by atoms with Gasteiger partial charge in [0, 0.05) is 4.88 Å². The molecule has 1 aliphatic heterocycles. The molecule has 7 heteroatoms. The first-order chi connectivity index (χ1) is 8.31. The minimum absolute atomic E-state index is 0.0268. The molecule has 90 valence electrons. The predicted molar refractivity (Wildman–Crippen MR) is 62.9 cm³/mol. The molecule has 3 heterocycles. The summed E-state index contributed by atoms with van der Waals surface area (Å²) in [7, 11) is 0. The summed E-state index contributed by atoms with van der Waals surface area (Å²) in [6, 6.07) is 3.84. The molecule has 2 aromatic rings. The van der Waals surface area contributed by atoms with E-state index in [2.05, 4.69) is 10.1 Å². The van der Waals surface area contributed by atoms with Gasteiger partial charge in [-0.1, -0.05) is 11.6 Å². The molecular formula is C10H10ClN3O2S. The smallest absolute Gasteiger partial charge is 0.178 e. The van der Waals surface area contributed by atoms with Crippen molar-refractivity contribution in [2.45, 2.75) is 18.9 Å². The maximum Gasteiger partial charge on any atom is 0.178 e. The molecule has 0 amide bonds. The third kappa shape index (κ3) is 2.50. The van der Waals surface area contributed by atoms with E-state index in [1.807, 2.05) is 12.1 Å². The molecule has 1 fully saturated rings. The summed E-state index contributed by atoms with van der Waals surface area (Å²) in [5, 5.41) is 4.01. The van der Waals surface area contributed by atoms with Gasteiger partial charge in [0.25, 0.3) is 0 Å². The Morgan fingerprint density at radius 2 is 2.47 bits per heavy atom. The standard InChI is InChI=1S/C10H10ClN3O2S/c11-9-2-1-8(17-9)7-4-15-10(16-7)3-14-6-12-5-13-14/h1-2,5-7,10H,3-4H2. The number of rotatable bonds is 3. The number of nitrogens with zero attached hydrogens (tertiary/aromatic N) is 3. The fraction of sp³-hybridized carbons (Fsp3) is 0.400. The Labute approximate surface area is 107 Å². The van der Waals surface area contributed by atoms with Crippen molar-refractivity contribution in [1.82, 2.24) is 14.8 Å². The number of ether oxygens (including phenoxy) is 2. The Bertz CT molecular complexity index is 487. The van der Waals surface area contributed by atoms with Crippen LogP contribution in [0.4, 0.5) is 0 Å². The minimum atomic E-state index is -0.275. The summed E-state index contributed by atoms with van der Waals surface area (Å²) in [6.07, 6.45) is 2.83. The Hall–Kier alpha value is -0.950. The fourth-order valence-electron chi connectivity index (χ4n) is 1.68. The largest absolute Gasteiger partial charge is 0.348 e. The lowest BCUT2D eigenvalue weighted by Gasteiger charge is -2.09. The van der Waals surface area contributed by atoms with E-state index in [1.165, 1.54) is 17.7 Å². The highest BCUT2D eigenvalue weighted by molar-refractivity contribution is 7.16. The van der Waals surface area contributed by atoms with Crippen LogP contribution in [0, 0.1) is 0 Å². The summed E-state index contributed by atoms with van der Waals surface area (Å²) in [4.78, 5) is 4.96. The molecule has 17 heavy (non-hydrogen) atoms. The first-order valence-electron chi connectivity index (χ1n) is 5.16. The summed E-state index contributed by atoms with van der Waals surface area (Å²) in [6.45, 7) is 1.10. The number of hydrogen-bond acceptors (Lipinski definition) is 5. The van der Waals surface area contributed by atoms with Gasteiger partial charge in [0.1, 0.15) is 18.8 Å².